The van der Waals surface area contributed by atoms with Crippen LogP contribution in [-0.4, -0.2) is 18.8 Å². The van der Waals surface area contributed by atoms with Gasteiger partial charge in [-0.05, 0) is 43.0 Å². The van der Waals surface area contributed by atoms with Crippen molar-refractivity contribution in [2.75, 3.05) is 18.2 Å². The molecule has 0 aliphatic rings. The van der Waals surface area contributed by atoms with E-state index in [-0.39, 0.29) is 11.5 Å². The molecule has 1 heterocycles. The predicted octanol–water partition coefficient (Wildman–Crippen LogP) is 4.31. The van der Waals surface area contributed by atoms with Gasteiger partial charge in [-0.2, -0.15) is 11.8 Å². The zero-order valence-electron chi connectivity index (χ0n) is 14.6. The maximum atomic E-state index is 12.7. The summed E-state index contributed by atoms with van der Waals surface area (Å²) in [6, 6.07) is 14.0. The third-order valence-electron chi connectivity index (χ3n) is 3.77. The SMILES string of the molecule is CCOc1ccc2c(C(=O)Nc3cccc(CSC)c3)cc(=O)oc2c1. The number of nitrogens with one attached hydrogen (secondary N) is 1. The lowest BCUT2D eigenvalue weighted by Gasteiger charge is -2.09. The van der Waals surface area contributed by atoms with Gasteiger partial charge in [0, 0.05) is 29.0 Å². The fourth-order valence-electron chi connectivity index (χ4n) is 2.69. The van der Waals surface area contributed by atoms with E-state index in [1.165, 1.54) is 6.07 Å². The zero-order chi connectivity index (χ0) is 18.5. The number of carbonyl (C=O) groups excluding carboxylic acids is 1. The summed E-state index contributed by atoms with van der Waals surface area (Å²) in [7, 11) is 0. The maximum absolute atomic E-state index is 12.7. The van der Waals surface area contributed by atoms with Crippen LogP contribution in [0, 0.1) is 0 Å². The number of hydrogen-bond acceptors (Lipinski definition) is 5. The lowest BCUT2D eigenvalue weighted by Crippen LogP contribution is -2.15. The average molecular weight is 369 g/mol. The van der Waals surface area contributed by atoms with Crippen LogP contribution in [0.3, 0.4) is 0 Å². The van der Waals surface area contributed by atoms with E-state index in [1.807, 2.05) is 37.4 Å². The van der Waals surface area contributed by atoms with Gasteiger partial charge in [0.25, 0.3) is 5.91 Å². The Morgan fingerprint density at radius 2 is 2.04 bits per heavy atom. The molecule has 6 heteroatoms. The molecule has 134 valence electrons. The van der Waals surface area contributed by atoms with Gasteiger partial charge in [-0.1, -0.05) is 12.1 Å². The second-order valence-electron chi connectivity index (χ2n) is 5.66. The van der Waals surface area contributed by atoms with Crippen molar-refractivity contribution in [2.24, 2.45) is 0 Å². The van der Waals surface area contributed by atoms with Crippen LogP contribution in [-0.2, 0) is 5.75 Å². The second-order valence-corrected chi connectivity index (χ2v) is 6.52. The number of fused-ring (bicyclic) bond motifs is 1. The fourth-order valence-corrected chi connectivity index (χ4v) is 3.20. The molecule has 3 aromatic rings. The Bertz CT molecular complexity index is 997. The summed E-state index contributed by atoms with van der Waals surface area (Å²) < 4.78 is 10.6. The summed E-state index contributed by atoms with van der Waals surface area (Å²) in [4.78, 5) is 24.6. The third-order valence-corrected chi connectivity index (χ3v) is 4.39. The standard InChI is InChI=1S/C20H19NO4S/c1-3-24-15-7-8-16-17(11-19(22)25-18(16)10-15)20(23)21-14-6-4-5-13(9-14)12-26-2/h4-11H,3,12H2,1-2H3,(H,21,23). The van der Waals surface area contributed by atoms with Gasteiger partial charge in [-0.25, -0.2) is 4.79 Å². The normalized spacial score (nSPS) is 10.7. The van der Waals surface area contributed by atoms with Gasteiger partial charge in [0.2, 0.25) is 0 Å². The molecule has 0 saturated carbocycles. The van der Waals surface area contributed by atoms with Crippen LogP contribution in [0.5, 0.6) is 5.75 Å². The topological polar surface area (TPSA) is 68.5 Å². The highest BCUT2D eigenvalue weighted by molar-refractivity contribution is 7.97. The molecule has 1 N–H and O–H groups in total. The minimum atomic E-state index is -0.576. The van der Waals surface area contributed by atoms with Crippen LogP contribution >= 0.6 is 11.8 Å². The van der Waals surface area contributed by atoms with Crippen molar-refractivity contribution < 1.29 is 13.9 Å². The first-order chi connectivity index (χ1) is 12.6. The molecule has 0 aliphatic carbocycles. The van der Waals surface area contributed by atoms with E-state index < -0.39 is 5.63 Å². The molecule has 0 radical (unpaired) electrons. The Morgan fingerprint density at radius 1 is 1.19 bits per heavy atom. The number of amides is 1. The first-order valence-electron chi connectivity index (χ1n) is 8.20. The van der Waals surface area contributed by atoms with Crippen molar-refractivity contribution in [1.82, 2.24) is 0 Å². The van der Waals surface area contributed by atoms with Gasteiger partial charge in [-0.3, -0.25) is 4.79 Å². The summed E-state index contributed by atoms with van der Waals surface area (Å²) in [6.07, 6.45) is 2.02. The van der Waals surface area contributed by atoms with Crippen molar-refractivity contribution in [1.29, 1.82) is 0 Å². The average Bonchev–Trinajstić information content (AvgIpc) is 2.61. The summed E-state index contributed by atoms with van der Waals surface area (Å²) in [5.74, 6) is 1.10. The van der Waals surface area contributed by atoms with Gasteiger partial charge in [-0.15, -0.1) is 0 Å². The molecule has 1 aromatic heterocycles. The molecular weight excluding hydrogens is 350 g/mol. The number of benzene rings is 2. The number of ether oxygens (including phenoxy) is 1. The monoisotopic (exact) mass is 369 g/mol. The van der Waals surface area contributed by atoms with Gasteiger partial charge >= 0.3 is 5.63 Å². The van der Waals surface area contributed by atoms with Crippen LogP contribution in [0.1, 0.15) is 22.8 Å². The Labute approximate surface area is 155 Å². The van der Waals surface area contributed by atoms with Crippen LogP contribution in [0.2, 0.25) is 0 Å². The number of anilines is 1. The Hall–Kier alpha value is -2.73. The van der Waals surface area contributed by atoms with Gasteiger partial charge in [0.1, 0.15) is 11.3 Å². The molecule has 0 bridgehead atoms. The first kappa shape index (κ1) is 18.1. The lowest BCUT2D eigenvalue weighted by molar-refractivity contribution is 0.102. The van der Waals surface area contributed by atoms with Crippen molar-refractivity contribution in [3.8, 4) is 5.75 Å². The minimum Gasteiger partial charge on any atom is -0.494 e. The van der Waals surface area contributed by atoms with Crippen molar-refractivity contribution in [3.05, 3.63) is 70.1 Å². The highest BCUT2D eigenvalue weighted by Crippen LogP contribution is 2.24. The van der Waals surface area contributed by atoms with Crippen molar-refractivity contribution >= 4 is 34.3 Å². The maximum Gasteiger partial charge on any atom is 0.337 e. The molecule has 0 fully saturated rings. The molecule has 3 rings (SSSR count). The van der Waals surface area contributed by atoms with E-state index in [2.05, 4.69) is 5.32 Å². The molecule has 0 atom stereocenters. The fraction of sp³-hybridized carbons (Fsp3) is 0.200. The van der Waals surface area contributed by atoms with E-state index in [9.17, 15) is 9.59 Å². The van der Waals surface area contributed by atoms with E-state index in [1.54, 1.807) is 30.0 Å². The second kappa shape index (κ2) is 8.10. The van der Waals surface area contributed by atoms with Gasteiger partial charge in [0.15, 0.2) is 0 Å². The largest absolute Gasteiger partial charge is 0.494 e. The Morgan fingerprint density at radius 3 is 2.81 bits per heavy atom. The third kappa shape index (κ3) is 4.08. The van der Waals surface area contributed by atoms with E-state index in [4.69, 9.17) is 9.15 Å². The molecular formula is C20H19NO4S. The Kier molecular flexibility index (Phi) is 5.63. The van der Waals surface area contributed by atoms with Gasteiger partial charge in [0.05, 0.1) is 12.2 Å². The summed E-state index contributed by atoms with van der Waals surface area (Å²) >= 11 is 1.71. The predicted molar refractivity (Wildman–Crippen MR) is 105 cm³/mol. The van der Waals surface area contributed by atoms with Gasteiger partial charge < -0.3 is 14.5 Å². The highest BCUT2D eigenvalue weighted by atomic mass is 32.2. The number of carbonyl (C=O) groups is 1. The summed E-state index contributed by atoms with van der Waals surface area (Å²) in [5, 5.41) is 3.42. The zero-order valence-corrected chi connectivity index (χ0v) is 15.4. The molecule has 1 amide bonds. The molecule has 0 spiro atoms. The van der Waals surface area contributed by atoms with E-state index in [0.29, 0.717) is 29.0 Å². The Balaban J connectivity index is 1.95. The van der Waals surface area contributed by atoms with Crippen molar-refractivity contribution in [2.45, 2.75) is 12.7 Å². The summed E-state index contributed by atoms with van der Waals surface area (Å²) in [5.41, 5.74) is 1.83. The van der Waals surface area contributed by atoms with E-state index in [0.717, 1.165) is 11.3 Å². The molecule has 5 nitrogen and oxygen atoms in total. The highest BCUT2D eigenvalue weighted by Gasteiger charge is 2.14. The molecule has 0 saturated heterocycles. The van der Waals surface area contributed by atoms with Crippen molar-refractivity contribution in [3.63, 3.8) is 0 Å². The first-order valence-corrected chi connectivity index (χ1v) is 9.60. The van der Waals surface area contributed by atoms with Crippen LogP contribution in [0.25, 0.3) is 11.0 Å². The summed E-state index contributed by atoms with van der Waals surface area (Å²) in [6.45, 7) is 2.37. The van der Waals surface area contributed by atoms with E-state index >= 15 is 0 Å². The molecule has 0 unspecified atom stereocenters. The molecule has 2 aromatic carbocycles. The molecule has 26 heavy (non-hydrogen) atoms. The number of hydrogen-bond donors (Lipinski definition) is 1. The number of thioether (sulfide) groups is 1. The minimum absolute atomic E-state index is 0.273. The van der Waals surface area contributed by atoms with Crippen LogP contribution in [0.4, 0.5) is 5.69 Å². The quantitative estimate of drug-likeness (QED) is 0.656. The molecule has 0 aliphatic heterocycles. The number of rotatable bonds is 6. The van der Waals surface area contributed by atoms with Crippen LogP contribution in [0.15, 0.2) is 57.7 Å². The lowest BCUT2D eigenvalue weighted by atomic mass is 10.1. The van der Waals surface area contributed by atoms with Crippen LogP contribution < -0.4 is 15.7 Å². The smallest absolute Gasteiger partial charge is 0.337 e.